The number of esters is 1. The number of amides is 1. The van der Waals surface area contributed by atoms with E-state index in [0.717, 1.165) is 17.7 Å². The van der Waals surface area contributed by atoms with Gasteiger partial charge >= 0.3 is 5.97 Å². The first-order chi connectivity index (χ1) is 12.9. The average molecular weight is 387 g/mol. The third-order valence-corrected chi connectivity index (χ3v) is 4.78. The molecule has 1 amide bonds. The lowest BCUT2D eigenvalue weighted by Crippen LogP contribution is -2.17. The maximum absolute atomic E-state index is 12.6. The molecule has 0 bridgehead atoms. The molecule has 3 rings (SSSR count). The fourth-order valence-corrected chi connectivity index (χ4v) is 3.62. The highest BCUT2D eigenvalue weighted by molar-refractivity contribution is 7.15. The van der Waals surface area contributed by atoms with Crippen LogP contribution in [-0.2, 0) is 11.2 Å². The van der Waals surface area contributed by atoms with Gasteiger partial charge in [-0.2, -0.15) is 4.98 Å². The van der Waals surface area contributed by atoms with E-state index in [0.29, 0.717) is 22.3 Å². The number of nitrogens with zero attached hydrogens (tertiary/aromatic N) is 4. The summed E-state index contributed by atoms with van der Waals surface area (Å²) in [5.74, 6) is -0.234. The highest BCUT2D eigenvalue weighted by atomic mass is 32.1. The third-order valence-electron chi connectivity index (χ3n) is 3.83. The molecule has 3 aromatic heterocycles. The zero-order valence-corrected chi connectivity index (χ0v) is 16.5. The van der Waals surface area contributed by atoms with E-state index < -0.39 is 11.9 Å². The maximum Gasteiger partial charge on any atom is 0.341 e. The Labute approximate surface area is 160 Å². The zero-order valence-electron chi connectivity index (χ0n) is 15.6. The predicted octanol–water partition coefficient (Wildman–Crippen LogP) is 3.12. The first-order valence-corrected chi connectivity index (χ1v) is 9.55. The first-order valence-electron chi connectivity index (χ1n) is 8.68. The Kier molecular flexibility index (Phi) is 5.50. The van der Waals surface area contributed by atoms with Crippen molar-refractivity contribution in [3.63, 3.8) is 0 Å². The number of anilines is 1. The molecule has 0 aromatic carbocycles. The van der Waals surface area contributed by atoms with Crippen LogP contribution < -0.4 is 5.32 Å². The molecule has 3 aromatic rings. The van der Waals surface area contributed by atoms with E-state index in [2.05, 4.69) is 34.2 Å². The maximum atomic E-state index is 12.6. The Morgan fingerprint density at radius 1 is 1.37 bits per heavy atom. The number of carbonyl (C=O) groups is 2. The van der Waals surface area contributed by atoms with Gasteiger partial charge in [-0.25, -0.2) is 14.3 Å². The van der Waals surface area contributed by atoms with Crippen LogP contribution in [-0.4, -0.2) is 38.1 Å². The van der Waals surface area contributed by atoms with Crippen LogP contribution in [0.4, 0.5) is 5.00 Å². The average Bonchev–Trinajstić information content (AvgIpc) is 3.20. The normalized spacial score (nSPS) is 11.1. The number of carbonyl (C=O) groups excluding carboxylic acids is 2. The minimum Gasteiger partial charge on any atom is -0.462 e. The fourth-order valence-electron chi connectivity index (χ4n) is 2.66. The molecular formula is C18H21N5O3S. The number of aromatic nitrogens is 4. The summed E-state index contributed by atoms with van der Waals surface area (Å²) in [4.78, 5) is 33.3. The third kappa shape index (κ3) is 3.97. The lowest BCUT2D eigenvalue weighted by molar-refractivity contribution is 0.0527. The molecule has 3 heterocycles. The number of hydrogen-bond donors (Lipinski definition) is 1. The zero-order chi connectivity index (χ0) is 19.6. The number of hydrogen-bond acceptors (Lipinski definition) is 7. The van der Waals surface area contributed by atoms with Crippen molar-refractivity contribution in [3.05, 3.63) is 40.3 Å². The van der Waals surface area contributed by atoms with Gasteiger partial charge in [-0.1, -0.05) is 13.8 Å². The van der Waals surface area contributed by atoms with Crippen LogP contribution in [0.1, 0.15) is 53.0 Å². The summed E-state index contributed by atoms with van der Waals surface area (Å²) in [7, 11) is 0. The molecule has 0 spiro atoms. The van der Waals surface area contributed by atoms with Gasteiger partial charge in [0.1, 0.15) is 5.00 Å². The summed E-state index contributed by atoms with van der Waals surface area (Å²) < 4.78 is 6.67. The lowest BCUT2D eigenvalue weighted by Gasteiger charge is -2.09. The van der Waals surface area contributed by atoms with Gasteiger partial charge in [0.05, 0.1) is 12.2 Å². The Balaban J connectivity index is 1.91. The second-order valence-corrected chi connectivity index (χ2v) is 7.35. The molecule has 142 valence electrons. The number of nitrogens with one attached hydrogen (secondary N) is 1. The molecule has 0 aliphatic heterocycles. The van der Waals surface area contributed by atoms with Crippen LogP contribution in [0.2, 0.25) is 0 Å². The molecule has 0 saturated heterocycles. The van der Waals surface area contributed by atoms with Crippen molar-refractivity contribution in [2.75, 3.05) is 11.9 Å². The van der Waals surface area contributed by atoms with Gasteiger partial charge in [-0.3, -0.25) is 4.79 Å². The molecule has 27 heavy (non-hydrogen) atoms. The van der Waals surface area contributed by atoms with E-state index in [1.165, 1.54) is 15.9 Å². The smallest absolute Gasteiger partial charge is 0.341 e. The van der Waals surface area contributed by atoms with Gasteiger partial charge in [0, 0.05) is 11.9 Å². The van der Waals surface area contributed by atoms with E-state index in [9.17, 15) is 9.59 Å². The molecular weight excluding hydrogens is 366 g/mol. The summed E-state index contributed by atoms with van der Waals surface area (Å²) in [5.41, 5.74) is 2.08. The number of aryl methyl sites for hydroxylation is 1. The molecule has 0 aliphatic carbocycles. The molecule has 8 nitrogen and oxygen atoms in total. The molecule has 0 aliphatic rings. The van der Waals surface area contributed by atoms with E-state index in [1.807, 2.05) is 12.3 Å². The van der Waals surface area contributed by atoms with Gasteiger partial charge in [0.25, 0.3) is 11.7 Å². The van der Waals surface area contributed by atoms with Crippen LogP contribution in [0.5, 0.6) is 0 Å². The van der Waals surface area contributed by atoms with Crippen LogP contribution >= 0.6 is 11.3 Å². The fraction of sp³-hybridized carbons (Fsp3) is 0.389. The summed E-state index contributed by atoms with van der Waals surface area (Å²) >= 11 is 1.29. The van der Waals surface area contributed by atoms with Crippen molar-refractivity contribution in [2.45, 2.75) is 34.1 Å². The van der Waals surface area contributed by atoms with Crippen LogP contribution in [0.25, 0.3) is 5.78 Å². The summed E-state index contributed by atoms with van der Waals surface area (Å²) in [5, 5.41) is 9.27. The SMILES string of the molecule is CCOC(=O)c1c(CC(C)C)csc1NC(=O)c1nc2nccc(C)n2n1. The molecule has 1 N–H and O–H groups in total. The largest absolute Gasteiger partial charge is 0.462 e. The Bertz CT molecular complexity index is 992. The van der Waals surface area contributed by atoms with Gasteiger partial charge in [-0.15, -0.1) is 16.4 Å². The van der Waals surface area contributed by atoms with Crippen molar-refractivity contribution in [1.29, 1.82) is 0 Å². The topological polar surface area (TPSA) is 98.5 Å². The molecule has 9 heteroatoms. The minimum absolute atomic E-state index is 0.00887. The van der Waals surface area contributed by atoms with Gasteiger partial charge < -0.3 is 10.1 Å². The standard InChI is InChI=1S/C18H21N5O3S/c1-5-26-17(25)13-12(8-10(2)3)9-27-16(13)21-15(24)14-20-18-19-7-6-11(4)23(18)22-14/h6-7,9-10H,5,8H2,1-4H3,(H,21,24). The Hall–Kier alpha value is -2.81. The number of fused-ring (bicyclic) bond motifs is 1. The van der Waals surface area contributed by atoms with Crippen LogP contribution in [0.15, 0.2) is 17.6 Å². The predicted molar refractivity (Wildman–Crippen MR) is 102 cm³/mol. The van der Waals surface area contributed by atoms with E-state index in [1.54, 1.807) is 19.2 Å². The van der Waals surface area contributed by atoms with Gasteiger partial charge in [-0.05, 0) is 43.2 Å². The molecule has 0 fully saturated rings. The summed E-state index contributed by atoms with van der Waals surface area (Å²) in [6.45, 7) is 8.01. The van der Waals surface area contributed by atoms with E-state index in [-0.39, 0.29) is 12.4 Å². The van der Waals surface area contributed by atoms with Crippen molar-refractivity contribution in [1.82, 2.24) is 19.6 Å². The van der Waals surface area contributed by atoms with Crippen molar-refractivity contribution >= 4 is 34.0 Å². The van der Waals surface area contributed by atoms with E-state index in [4.69, 9.17) is 4.74 Å². The second kappa shape index (κ2) is 7.83. The lowest BCUT2D eigenvalue weighted by atomic mass is 10.0. The van der Waals surface area contributed by atoms with Gasteiger partial charge in [0.15, 0.2) is 0 Å². The highest BCUT2D eigenvalue weighted by Gasteiger charge is 2.24. The second-order valence-electron chi connectivity index (χ2n) is 6.47. The number of rotatable bonds is 6. The highest BCUT2D eigenvalue weighted by Crippen LogP contribution is 2.31. The Morgan fingerprint density at radius 2 is 2.15 bits per heavy atom. The number of thiophene rings is 1. The summed E-state index contributed by atoms with van der Waals surface area (Å²) in [6.07, 6.45) is 2.33. The van der Waals surface area contributed by atoms with Crippen molar-refractivity contribution < 1.29 is 14.3 Å². The molecule has 0 radical (unpaired) electrons. The molecule has 0 saturated carbocycles. The minimum atomic E-state index is -0.497. The number of ether oxygens (including phenoxy) is 1. The van der Waals surface area contributed by atoms with Crippen molar-refractivity contribution in [2.24, 2.45) is 5.92 Å². The summed E-state index contributed by atoms with van der Waals surface area (Å²) in [6, 6.07) is 1.78. The Morgan fingerprint density at radius 3 is 2.81 bits per heavy atom. The molecule has 0 unspecified atom stereocenters. The van der Waals surface area contributed by atoms with Gasteiger partial charge in [0.2, 0.25) is 5.82 Å². The van der Waals surface area contributed by atoms with E-state index >= 15 is 0 Å². The quantitative estimate of drug-likeness (QED) is 0.653. The molecule has 0 atom stereocenters. The van der Waals surface area contributed by atoms with Crippen LogP contribution in [0.3, 0.4) is 0 Å². The van der Waals surface area contributed by atoms with Crippen LogP contribution in [0, 0.1) is 12.8 Å². The van der Waals surface area contributed by atoms with Crippen molar-refractivity contribution in [3.8, 4) is 0 Å². The first kappa shape index (κ1) is 19.0. The monoisotopic (exact) mass is 387 g/mol.